The Morgan fingerprint density at radius 2 is 2.00 bits per heavy atom. The Bertz CT molecular complexity index is 1110. The Hall–Kier alpha value is -3.81. The van der Waals surface area contributed by atoms with E-state index in [-0.39, 0.29) is 5.91 Å². The highest BCUT2D eigenvalue weighted by atomic mass is 16.5. The molecule has 4 aromatic rings. The van der Waals surface area contributed by atoms with E-state index in [1.807, 2.05) is 37.3 Å². The predicted molar refractivity (Wildman–Crippen MR) is 102 cm³/mol. The predicted octanol–water partition coefficient (Wildman–Crippen LogP) is 2.86. The Labute approximate surface area is 161 Å². The molecule has 8 nitrogen and oxygen atoms in total. The lowest BCUT2D eigenvalue weighted by Crippen LogP contribution is -2.23. The molecule has 1 N–H and O–H groups in total. The molecule has 3 aromatic heterocycles. The SMILES string of the molecule is Cc1noc(-c2ccc(-n3cnc(C(=O)NCc4ccccc4C)c3)nc2)n1. The van der Waals surface area contributed by atoms with Crippen LogP contribution in [0, 0.1) is 13.8 Å². The van der Waals surface area contributed by atoms with Crippen molar-refractivity contribution in [2.24, 2.45) is 0 Å². The van der Waals surface area contributed by atoms with Crippen molar-refractivity contribution < 1.29 is 9.32 Å². The van der Waals surface area contributed by atoms with Crippen LogP contribution in [0.4, 0.5) is 0 Å². The lowest BCUT2D eigenvalue weighted by Gasteiger charge is -2.06. The second-order valence-corrected chi connectivity index (χ2v) is 6.33. The maximum absolute atomic E-state index is 12.4. The fourth-order valence-electron chi connectivity index (χ4n) is 2.72. The van der Waals surface area contributed by atoms with Gasteiger partial charge in [0, 0.05) is 18.9 Å². The van der Waals surface area contributed by atoms with E-state index in [0.717, 1.165) is 16.7 Å². The summed E-state index contributed by atoms with van der Waals surface area (Å²) >= 11 is 0. The molecule has 3 heterocycles. The second-order valence-electron chi connectivity index (χ2n) is 6.33. The third-order valence-electron chi connectivity index (χ3n) is 4.30. The smallest absolute Gasteiger partial charge is 0.271 e. The quantitative estimate of drug-likeness (QED) is 0.577. The van der Waals surface area contributed by atoms with Gasteiger partial charge in [0.15, 0.2) is 5.82 Å². The van der Waals surface area contributed by atoms with Crippen LogP contribution in [-0.4, -0.2) is 30.6 Å². The van der Waals surface area contributed by atoms with Crippen molar-refractivity contribution in [3.05, 3.63) is 77.8 Å². The van der Waals surface area contributed by atoms with Crippen LogP contribution in [0.25, 0.3) is 17.3 Å². The molecule has 0 aliphatic heterocycles. The maximum Gasteiger partial charge on any atom is 0.271 e. The molecule has 1 amide bonds. The van der Waals surface area contributed by atoms with E-state index < -0.39 is 0 Å². The molecule has 0 bridgehead atoms. The first-order valence-corrected chi connectivity index (χ1v) is 8.74. The van der Waals surface area contributed by atoms with Gasteiger partial charge in [0.2, 0.25) is 0 Å². The number of aryl methyl sites for hydroxylation is 2. The van der Waals surface area contributed by atoms with Crippen LogP contribution in [0.15, 0.2) is 59.6 Å². The summed E-state index contributed by atoms with van der Waals surface area (Å²) in [5.41, 5.74) is 3.26. The van der Waals surface area contributed by atoms with Crippen molar-refractivity contribution in [1.82, 2.24) is 30.0 Å². The first-order chi connectivity index (χ1) is 13.6. The largest absolute Gasteiger partial charge is 0.347 e. The van der Waals surface area contributed by atoms with Crippen molar-refractivity contribution >= 4 is 5.91 Å². The van der Waals surface area contributed by atoms with Gasteiger partial charge >= 0.3 is 0 Å². The lowest BCUT2D eigenvalue weighted by molar-refractivity contribution is 0.0946. The Balaban J connectivity index is 1.45. The first kappa shape index (κ1) is 17.6. The molecule has 0 radical (unpaired) electrons. The number of rotatable bonds is 5. The summed E-state index contributed by atoms with van der Waals surface area (Å²) in [6.45, 7) is 4.22. The van der Waals surface area contributed by atoms with Gasteiger partial charge in [0.25, 0.3) is 11.8 Å². The van der Waals surface area contributed by atoms with Crippen molar-refractivity contribution in [3.63, 3.8) is 0 Å². The van der Waals surface area contributed by atoms with Gasteiger partial charge in [0.1, 0.15) is 17.8 Å². The van der Waals surface area contributed by atoms with Crippen LogP contribution in [-0.2, 0) is 6.54 Å². The average molecular weight is 374 g/mol. The third-order valence-corrected chi connectivity index (χ3v) is 4.30. The fraction of sp³-hybridized carbons (Fsp3) is 0.150. The molecule has 0 aliphatic rings. The van der Waals surface area contributed by atoms with Crippen molar-refractivity contribution in [3.8, 4) is 17.3 Å². The molecular formula is C20H18N6O2. The fourth-order valence-corrected chi connectivity index (χ4v) is 2.72. The van der Waals surface area contributed by atoms with E-state index in [1.165, 1.54) is 0 Å². The summed E-state index contributed by atoms with van der Waals surface area (Å²) < 4.78 is 6.82. The Morgan fingerprint density at radius 1 is 1.14 bits per heavy atom. The van der Waals surface area contributed by atoms with Gasteiger partial charge in [-0.2, -0.15) is 4.98 Å². The number of hydrogen-bond acceptors (Lipinski definition) is 6. The van der Waals surface area contributed by atoms with Gasteiger partial charge < -0.3 is 9.84 Å². The van der Waals surface area contributed by atoms with E-state index in [9.17, 15) is 4.79 Å². The van der Waals surface area contributed by atoms with E-state index in [2.05, 4.69) is 25.4 Å². The number of carbonyl (C=O) groups is 1. The van der Waals surface area contributed by atoms with Gasteiger partial charge in [-0.15, -0.1) is 0 Å². The number of aromatic nitrogens is 5. The molecule has 28 heavy (non-hydrogen) atoms. The number of hydrogen-bond donors (Lipinski definition) is 1. The van der Waals surface area contributed by atoms with Crippen molar-refractivity contribution in [2.45, 2.75) is 20.4 Å². The second kappa shape index (κ2) is 7.43. The van der Waals surface area contributed by atoms with Gasteiger partial charge in [0.05, 0.1) is 5.56 Å². The number of nitrogens with one attached hydrogen (secondary N) is 1. The normalized spacial score (nSPS) is 10.8. The zero-order valence-corrected chi connectivity index (χ0v) is 15.5. The third kappa shape index (κ3) is 3.66. The van der Waals surface area contributed by atoms with Crippen molar-refractivity contribution in [1.29, 1.82) is 0 Å². The average Bonchev–Trinajstić information content (AvgIpc) is 3.37. The highest BCUT2D eigenvalue weighted by Gasteiger charge is 2.12. The lowest BCUT2D eigenvalue weighted by atomic mass is 10.1. The number of imidazole rings is 1. The van der Waals surface area contributed by atoms with Crippen LogP contribution < -0.4 is 5.32 Å². The van der Waals surface area contributed by atoms with Gasteiger partial charge in [-0.1, -0.05) is 29.4 Å². The van der Waals surface area contributed by atoms with Gasteiger partial charge in [-0.25, -0.2) is 9.97 Å². The summed E-state index contributed by atoms with van der Waals surface area (Å²) in [7, 11) is 0. The summed E-state index contributed by atoms with van der Waals surface area (Å²) in [4.78, 5) is 25.1. The van der Waals surface area contributed by atoms with E-state index in [1.54, 1.807) is 36.3 Å². The number of amides is 1. The zero-order chi connectivity index (χ0) is 19.5. The van der Waals surface area contributed by atoms with Crippen LogP contribution in [0.2, 0.25) is 0 Å². The van der Waals surface area contributed by atoms with Gasteiger partial charge in [-0.3, -0.25) is 9.36 Å². The molecule has 0 unspecified atom stereocenters. The van der Waals surface area contributed by atoms with E-state index in [4.69, 9.17) is 4.52 Å². The molecule has 8 heteroatoms. The highest BCUT2D eigenvalue weighted by Crippen LogP contribution is 2.17. The molecule has 0 spiro atoms. The molecule has 0 fully saturated rings. The Kier molecular flexibility index (Phi) is 4.67. The highest BCUT2D eigenvalue weighted by molar-refractivity contribution is 5.92. The number of carbonyl (C=O) groups excluding carboxylic acids is 1. The van der Waals surface area contributed by atoms with Crippen LogP contribution in [0.3, 0.4) is 0 Å². The summed E-state index contributed by atoms with van der Waals surface area (Å²) in [5, 5.41) is 6.66. The van der Waals surface area contributed by atoms with Crippen LogP contribution in [0.5, 0.6) is 0 Å². The molecule has 0 saturated carbocycles. The molecule has 0 saturated heterocycles. The molecule has 4 rings (SSSR count). The Morgan fingerprint density at radius 3 is 2.71 bits per heavy atom. The monoisotopic (exact) mass is 374 g/mol. The zero-order valence-electron chi connectivity index (χ0n) is 15.5. The molecular weight excluding hydrogens is 356 g/mol. The summed E-state index contributed by atoms with van der Waals surface area (Å²) in [6, 6.07) is 11.6. The molecule has 140 valence electrons. The summed E-state index contributed by atoms with van der Waals surface area (Å²) in [5.74, 6) is 1.37. The minimum atomic E-state index is -0.236. The molecule has 1 aromatic carbocycles. The van der Waals surface area contributed by atoms with Crippen molar-refractivity contribution in [2.75, 3.05) is 0 Å². The maximum atomic E-state index is 12.4. The van der Waals surface area contributed by atoms with Crippen LogP contribution in [0.1, 0.15) is 27.4 Å². The first-order valence-electron chi connectivity index (χ1n) is 8.74. The number of pyridine rings is 1. The topological polar surface area (TPSA) is 98.7 Å². The van der Waals surface area contributed by atoms with Crippen LogP contribution >= 0.6 is 0 Å². The minimum Gasteiger partial charge on any atom is -0.347 e. The minimum absolute atomic E-state index is 0.236. The number of benzene rings is 1. The molecule has 0 atom stereocenters. The van der Waals surface area contributed by atoms with E-state index in [0.29, 0.717) is 29.8 Å². The van der Waals surface area contributed by atoms with E-state index >= 15 is 0 Å². The summed E-state index contributed by atoms with van der Waals surface area (Å²) in [6.07, 6.45) is 4.84. The molecule has 0 aliphatic carbocycles. The van der Waals surface area contributed by atoms with Gasteiger partial charge in [-0.05, 0) is 37.1 Å². The number of nitrogens with zero attached hydrogens (tertiary/aromatic N) is 5. The standard InChI is InChI=1S/C20H18N6O2/c1-13-5-3-4-6-15(13)9-22-19(27)17-11-26(12-23-17)18-8-7-16(10-21-18)20-24-14(2)25-28-20/h3-8,10-12H,9H2,1-2H3,(H,22,27).